The topological polar surface area (TPSA) is 34.6 Å². The Morgan fingerprint density at radius 1 is 1.53 bits per heavy atom. The summed E-state index contributed by atoms with van der Waals surface area (Å²) < 4.78 is 46.7. The monoisotopic (exact) mass is 219 g/mol. The smallest absolute Gasteiger partial charge is 0.433 e. The first-order valence-corrected chi connectivity index (χ1v) is 4.25. The third-order valence-corrected chi connectivity index (χ3v) is 2.09. The SMILES string of the molecule is COc1cc(C(F)(F)F)ncc1C1CO1. The molecule has 1 atom stereocenters. The molecule has 0 bridgehead atoms. The van der Waals surface area contributed by atoms with Crippen LogP contribution in [0.4, 0.5) is 13.2 Å². The number of hydrogen-bond acceptors (Lipinski definition) is 3. The summed E-state index contributed by atoms with van der Waals surface area (Å²) in [5.74, 6) is 0.167. The molecule has 3 nitrogen and oxygen atoms in total. The van der Waals surface area contributed by atoms with Gasteiger partial charge in [0.25, 0.3) is 0 Å². The molecule has 0 saturated carbocycles. The Balaban J connectivity index is 2.38. The number of rotatable bonds is 2. The van der Waals surface area contributed by atoms with Crippen LogP contribution in [0.5, 0.6) is 5.75 Å². The van der Waals surface area contributed by atoms with Crippen molar-refractivity contribution in [3.63, 3.8) is 0 Å². The molecule has 6 heteroatoms. The highest BCUT2D eigenvalue weighted by Gasteiger charge is 2.35. The second kappa shape index (κ2) is 3.37. The van der Waals surface area contributed by atoms with Gasteiger partial charge in [0.05, 0.1) is 13.7 Å². The highest BCUT2D eigenvalue weighted by molar-refractivity contribution is 5.37. The molecule has 1 saturated heterocycles. The molecule has 0 aromatic carbocycles. The minimum atomic E-state index is -4.45. The van der Waals surface area contributed by atoms with Crippen molar-refractivity contribution in [1.29, 1.82) is 0 Å². The van der Waals surface area contributed by atoms with Crippen molar-refractivity contribution in [2.75, 3.05) is 13.7 Å². The molecule has 1 unspecified atom stereocenters. The lowest BCUT2D eigenvalue weighted by Crippen LogP contribution is -2.08. The third kappa shape index (κ3) is 2.04. The van der Waals surface area contributed by atoms with Gasteiger partial charge in [0.15, 0.2) is 0 Å². The summed E-state index contributed by atoms with van der Waals surface area (Å²) in [7, 11) is 1.32. The van der Waals surface area contributed by atoms with E-state index in [1.165, 1.54) is 7.11 Å². The average Bonchev–Trinajstić information content (AvgIpc) is 2.98. The fraction of sp³-hybridized carbons (Fsp3) is 0.444. The first-order chi connectivity index (χ1) is 7.02. The van der Waals surface area contributed by atoms with Gasteiger partial charge in [-0.15, -0.1) is 0 Å². The van der Waals surface area contributed by atoms with Crippen molar-refractivity contribution in [3.8, 4) is 5.75 Å². The third-order valence-electron chi connectivity index (χ3n) is 2.09. The first-order valence-electron chi connectivity index (χ1n) is 4.25. The highest BCUT2D eigenvalue weighted by Crippen LogP contribution is 2.38. The normalized spacial score (nSPS) is 20.1. The van der Waals surface area contributed by atoms with Gasteiger partial charge in [-0.1, -0.05) is 0 Å². The van der Waals surface area contributed by atoms with Gasteiger partial charge >= 0.3 is 6.18 Å². The lowest BCUT2D eigenvalue weighted by Gasteiger charge is -2.10. The summed E-state index contributed by atoms with van der Waals surface area (Å²) >= 11 is 0. The lowest BCUT2D eigenvalue weighted by molar-refractivity contribution is -0.141. The largest absolute Gasteiger partial charge is 0.496 e. The van der Waals surface area contributed by atoms with E-state index in [-0.39, 0.29) is 11.9 Å². The van der Waals surface area contributed by atoms with Gasteiger partial charge in [0, 0.05) is 17.8 Å². The zero-order chi connectivity index (χ0) is 11.1. The van der Waals surface area contributed by atoms with E-state index in [0.29, 0.717) is 12.2 Å². The Bertz CT molecular complexity index is 374. The van der Waals surface area contributed by atoms with Gasteiger partial charge in [-0.05, 0) is 0 Å². The molecule has 2 heterocycles. The molecular weight excluding hydrogens is 211 g/mol. The minimum Gasteiger partial charge on any atom is -0.496 e. The zero-order valence-electron chi connectivity index (χ0n) is 7.84. The predicted octanol–water partition coefficient (Wildman–Crippen LogP) is 2.18. The van der Waals surface area contributed by atoms with E-state index >= 15 is 0 Å². The number of alkyl halides is 3. The number of methoxy groups -OCH3 is 1. The van der Waals surface area contributed by atoms with Gasteiger partial charge in [-0.2, -0.15) is 13.2 Å². The molecule has 1 aromatic rings. The van der Waals surface area contributed by atoms with Crippen LogP contribution in [-0.2, 0) is 10.9 Å². The molecule has 1 aliphatic rings. The Morgan fingerprint density at radius 2 is 2.20 bits per heavy atom. The summed E-state index contributed by atoms with van der Waals surface area (Å²) in [4.78, 5) is 3.33. The number of pyridine rings is 1. The molecule has 82 valence electrons. The van der Waals surface area contributed by atoms with Crippen LogP contribution in [0.3, 0.4) is 0 Å². The molecule has 2 rings (SSSR count). The van der Waals surface area contributed by atoms with E-state index in [4.69, 9.17) is 9.47 Å². The number of halogens is 3. The fourth-order valence-electron chi connectivity index (χ4n) is 1.25. The van der Waals surface area contributed by atoms with Crippen LogP contribution in [-0.4, -0.2) is 18.7 Å². The second-order valence-electron chi connectivity index (χ2n) is 3.13. The van der Waals surface area contributed by atoms with E-state index < -0.39 is 11.9 Å². The average molecular weight is 219 g/mol. The molecule has 1 aromatic heterocycles. The van der Waals surface area contributed by atoms with Crippen LogP contribution in [0.25, 0.3) is 0 Å². The molecule has 15 heavy (non-hydrogen) atoms. The Morgan fingerprint density at radius 3 is 2.67 bits per heavy atom. The maximum Gasteiger partial charge on any atom is 0.433 e. The van der Waals surface area contributed by atoms with Crippen molar-refractivity contribution in [2.45, 2.75) is 12.3 Å². The Labute approximate surface area is 83.8 Å². The molecule has 0 aliphatic carbocycles. The van der Waals surface area contributed by atoms with Crippen LogP contribution in [0.2, 0.25) is 0 Å². The van der Waals surface area contributed by atoms with Crippen LogP contribution in [0, 0.1) is 0 Å². The van der Waals surface area contributed by atoms with Gasteiger partial charge in [0.1, 0.15) is 17.5 Å². The van der Waals surface area contributed by atoms with Gasteiger partial charge in [-0.25, -0.2) is 0 Å². The maximum atomic E-state index is 12.3. The number of nitrogens with zero attached hydrogens (tertiary/aromatic N) is 1. The van der Waals surface area contributed by atoms with Crippen LogP contribution in [0.1, 0.15) is 17.4 Å². The highest BCUT2D eigenvalue weighted by atomic mass is 19.4. The quantitative estimate of drug-likeness (QED) is 0.715. The Kier molecular flexibility index (Phi) is 2.30. The van der Waals surface area contributed by atoms with Crippen LogP contribution in [0.15, 0.2) is 12.3 Å². The predicted molar refractivity (Wildman–Crippen MR) is 44.5 cm³/mol. The van der Waals surface area contributed by atoms with Crippen molar-refractivity contribution >= 4 is 0 Å². The number of epoxide rings is 1. The summed E-state index contributed by atoms with van der Waals surface area (Å²) in [5, 5.41) is 0. The maximum absolute atomic E-state index is 12.3. The standard InChI is InChI=1S/C9H8F3NO2/c1-14-6-2-8(9(10,11)12)13-3-5(6)7-4-15-7/h2-3,7H,4H2,1H3. The molecular formula is C9H8F3NO2. The number of aromatic nitrogens is 1. The zero-order valence-corrected chi connectivity index (χ0v) is 7.84. The van der Waals surface area contributed by atoms with Crippen LogP contribution >= 0.6 is 0 Å². The lowest BCUT2D eigenvalue weighted by atomic mass is 10.2. The van der Waals surface area contributed by atoms with Gasteiger partial charge in [-0.3, -0.25) is 4.98 Å². The Hall–Kier alpha value is -1.30. The van der Waals surface area contributed by atoms with Gasteiger partial charge in [0.2, 0.25) is 0 Å². The summed E-state index contributed by atoms with van der Waals surface area (Å²) in [6.07, 6.45) is -3.47. The molecule has 1 aliphatic heterocycles. The van der Waals surface area contributed by atoms with E-state index in [2.05, 4.69) is 4.98 Å². The summed E-state index contributed by atoms with van der Waals surface area (Å²) in [5.41, 5.74) is -0.394. The molecule has 0 spiro atoms. The van der Waals surface area contributed by atoms with Crippen molar-refractivity contribution < 1.29 is 22.6 Å². The van der Waals surface area contributed by atoms with E-state index in [0.717, 1.165) is 12.3 Å². The summed E-state index contributed by atoms with van der Waals surface area (Å²) in [6, 6.07) is 0.886. The molecule has 0 N–H and O–H groups in total. The van der Waals surface area contributed by atoms with Crippen molar-refractivity contribution in [2.24, 2.45) is 0 Å². The van der Waals surface area contributed by atoms with Gasteiger partial charge < -0.3 is 9.47 Å². The molecule has 1 fully saturated rings. The molecule has 0 radical (unpaired) electrons. The van der Waals surface area contributed by atoms with E-state index in [1.54, 1.807) is 0 Å². The first kappa shape index (κ1) is 10.2. The number of ether oxygens (including phenoxy) is 2. The second-order valence-corrected chi connectivity index (χ2v) is 3.13. The number of hydrogen-bond donors (Lipinski definition) is 0. The van der Waals surface area contributed by atoms with Crippen LogP contribution < -0.4 is 4.74 Å². The van der Waals surface area contributed by atoms with Crippen molar-refractivity contribution in [1.82, 2.24) is 4.98 Å². The summed E-state index contributed by atoms with van der Waals surface area (Å²) in [6.45, 7) is 0.503. The van der Waals surface area contributed by atoms with E-state index in [1.807, 2.05) is 0 Å². The minimum absolute atomic E-state index is 0.167. The fourth-order valence-corrected chi connectivity index (χ4v) is 1.25. The van der Waals surface area contributed by atoms with E-state index in [9.17, 15) is 13.2 Å². The molecule has 0 amide bonds. The van der Waals surface area contributed by atoms with Crippen molar-refractivity contribution in [3.05, 3.63) is 23.5 Å².